The van der Waals surface area contributed by atoms with Crippen molar-refractivity contribution < 1.29 is 14.0 Å². The summed E-state index contributed by atoms with van der Waals surface area (Å²) >= 11 is 4.14. The van der Waals surface area contributed by atoms with Crippen LogP contribution in [0.25, 0.3) is 6.08 Å². The summed E-state index contributed by atoms with van der Waals surface area (Å²) in [7, 11) is 0. The van der Waals surface area contributed by atoms with Gasteiger partial charge in [0.25, 0.3) is 11.1 Å². The number of carbonyl (C=O) groups excluding carboxylic acids is 2. The zero-order valence-corrected chi connectivity index (χ0v) is 14.1. The number of nitrogens with zero attached hydrogens (tertiary/aromatic N) is 1. The smallest absolute Gasteiger partial charge is 0.293 e. The largest absolute Gasteiger partial charge is 0.450 e. The third-order valence-electron chi connectivity index (χ3n) is 3.33. The van der Waals surface area contributed by atoms with Crippen molar-refractivity contribution in [3.05, 3.63) is 62.9 Å². The number of hydrogen-bond donors (Lipinski definition) is 0. The number of benzene rings is 1. The van der Waals surface area contributed by atoms with Crippen LogP contribution in [0.4, 0.5) is 4.79 Å². The van der Waals surface area contributed by atoms with Gasteiger partial charge in [-0.05, 0) is 57.9 Å². The van der Waals surface area contributed by atoms with Crippen LogP contribution in [-0.2, 0) is 11.3 Å². The third-order valence-corrected chi connectivity index (χ3v) is 4.66. The number of thioether (sulfide) groups is 1. The van der Waals surface area contributed by atoms with E-state index >= 15 is 0 Å². The lowest BCUT2D eigenvalue weighted by Crippen LogP contribution is -2.27. The third kappa shape index (κ3) is 3.03. The highest BCUT2D eigenvalue weighted by Gasteiger charge is 2.35. The summed E-state index contributed by atoms with van der Waals surface area (Å²) in [5, 5.41) is -0.259. The first-order chi connectivity index (χ1) is 10.5. The molecule has 22 heavy (non-hydrogen) atoms. The number of aryl methyl sites for hydroxylation is 1. The molecule has 0 atom stereocenters. The molecule has 1 fully saturated rings. The van der Waals surface area contributed by atoms with Crippen molar-refractivity contribution in [3.8, 4) is 0 Å². The first-order valence-corrected chi connectivity index (χ1v) is 8.21. The second-order valence-electron chi connectivity index (χ2n) is 4.84. The van der Waals surface area contributed by atoms with Gasteiger partial charge in [-0.1, -0.05) is 24.3 Å². The van der Waals surface area contributed by atoms with E-state index in [-0.39, 0.29) is 17.7 Å². The van der Waals surface area contributed by atoms with Crippen LogP contribution >= 0.6 is 27.7 Å². The molecule has 0 N–H and O–H groups in total. The highest BCUT2D eigenvalue weighted by molar-refractivity contribution is 9.10. The fraction of sp³-hybridized carbons (Fsp3) is 0.125. The molecular formula is C16H12BrNO3S. The van der Waals surface area contributed by atoms with E-state index in [0.717, 1.165) is 22.9 Å². The molecule has 4 nitrogen and oxygen atoms in total. The lowest BCUT2D eigenvalue weighted by atomic mass is 10.1. The second-order valence-corrected chi connectivity index (χ2v) is 6.61. The predicted octanol–water partition coefficient (Wildman–Crippen LogP) is 4.59. The van der Waals surface area contributed by atoms with Gasteiger partial charge >= 0.3 is 0 Å². The number of hydrogen-bond acceptors (Lipinski definition) is 4. The molecule has 1 aromatic heterocycles. The molecule has 1 aliphatic rings. The summed E-state index contributed by atoms with van der Waals surface area (Å²) in [6, 6.07) is 11.2. The number of carbonyl (C=O) groups is 2. The van der Waals surface area contributed by atoms with Gasteiger partial charge in [0, 0.05) is 6.08 Å². The van der Waals surface area contributed by atoms with Gasteiger partial charge < -0.3 is 4.42 Å². The Morgan fingerprint density at radius 3 is 2.68 bits per heavy atom. The summed E-state index contributed by atoms with van der Waals surface area (Å²) in [5.41, 5.74) is 2.02. The van der Waals surface area contributed by atoms with E-state index < -0.39 is 0 Å². The average molecular weight is 378 g/mol. The van der Waals surface area contributed by atoms with E-state index in [2.05, 4.69) is 15.9 Å². The van der Waals surface area contributed by atoms with Crippen LogP contribution in [0.2, 0.25) is 0 Å². The molecule has 0 spiro atoms. The van der Waals surface area contributed by atoms with Crippen molar-refractivity contribution in [2.45, 2.75) is 13.5 Å². The molecule has 2 aromatic rings. The molecule has 0 saturated carbocycles. The maximum atomic E-state index is 12.4. The zero-order chi connectivity index (χ0) is 15.7. The van der Waals surface area contributed by atoms with Gasteiger partial charge in [0.2, 0.25) is 0 Å². The summed E-state index contributed by atoms with van der Waals surface area (Å²) in [6.07, 6.45) is 1.59. The lowest BCUT2D eigenvalue weighted by molar-refractivity contribution is -0.123. The highest BCUT2D eigenvalue weighted by atomic mass is 79.9. The van der Waals surface area contributed by atoms with E-state index in [1.807, 2.05) is 31.2 Å². The van der Waals surface area contributed by atoms with E-state index in [9.17, 15) is 9.59 Å². The molecule has 3 rings (SSSR count). The number of halogens is 1. The minimum Gasteiger partial charge on any atom is -0.450 e. The van der Waals surface area contributed by atoms with Crippen LogP contribution < -0.4 is 0 Å². The molecular weight excluding hydrogens is 366 g/mol. The van der Waals surface area contributed by atoms with Gasteiger partial charge in [-0.2, -0.15) is 0 Å². The van der Waals surface area contributed by atoms with Crippen LogP contribution in [0, 0.1) is 6.92 Å². The predicted molar refractivity (Wildman–Crippen MR) is 89.1 cm³/mol. The number of imide groups is 1. The van der Waals surface area contributed by atoms with Gasteiger partial charge in [0.05, 0.1) is 11.4 Å². The molecule has 0 unspecified atom stereocenters. The summed E-state index contributed by atoms with van der Waals surface area (Å²) in [4.78, 5) is 26.1. The Balaban J connectivity index is 1.83. The highest BCUT2D eigenvalue weighted by Crippen LogP contribution is 2.34. The molecule has 2 heterocycles. The van der Waals surface area contributed by atoms with Crippen molar-refractivity contribution in [1.82, 2.24) is 4.90 Å². The number of rotatable bonds is 3. The number of furan rings is 1. The van der Waals surface area contributed by atoms with Crippen molar-refractivity contribution >= 4 is 44.9 Å². The van der Waals surface area contributed by atoms with Crippen LogP contribution in [0.15, 0.2) is 50.4 Å². The zero-order valence-electron chi connectivity index (χ0n) is 11.7. The van der Waals surface area contributed by atoms with Crippen molar-refractivity contribution in [2.24, 2.45) is 0 Å². The first-order valence-electron chi connectivity index (χ1n) is 6.60. The van der Waals surface area contributed by atoms with Crippen molar-refractivity contribution in [3.63, 3.8) is 0 Å². The van der Waals surface area contributed by atoms with Crippen molar-refractivity contribution in [2.75, 3.05) is 0 Å². The molecule has 0 radical (unpaired) electrons. The van der Waals surface area contributed by atoms with Crippen LogP contribution in [-0.4, -0.2) is 16.0 Å². The number of amides is 2. The minimum absolute atomic E-state index is 0.259. The van der Waals surface area contributed by atoms with Gasteiger partial charge in [-0.3, -0.25) is 14.5 Å². The van der Waals surface area contributed by atoms with E-state index in [0.29, 0.717) is 15.3 Å². The Bertz CT molecular complexity index is 781. The van der Waals surface area contributed by atoms with Crippen LogP contribution in [0.3, 0.4) is 0 Å². The quantitative estimate of drug-likeness (QED) is 0.734. The standard InChI is InChI=1S/C16H12BrNO3S/c1-10-4-2-3-5-11(10)9-18-15(19)13(22-16(18)20)8-12-6-7-14(17)21-12/h2-8H,9H2,1H3/b13-8-. The lowest BCUT2D eigenvalue weighted by Gasteiger charge is -2.14. The fourth-order valence-electron chi connectivity index (χ4n) is 2.13. The fourth-order valence-corrected chi connectivity index (χ4v) is 3.27. The SMILES string of the molecule is Cc1ccccc1CN1C(=O)S/C(=C\c2ccc(Br)o2)C1=O. The molecule has 0 bridgehead atoms. The first kappa shape index (κ1) is 15.1. The average Bonchev–Trinajstić information content (AvgIpc) is 3.00. The topological polar surface area (TPSA) is 50.5 Å². The Hall–Kier alpha value is -1.79. The van der Waals surface area contributed by atoms with E-state index in [1.165, 1.54) is 4.90 Å². The molecule has 1 aromatic carbocycles. The minimum atomic E-state index is -0.286. The van der Waals surface area contributed by atoms with Gasteiger partial charge in [0.15, 0.2) is 4.67 Å². The van der Waals surface area contributed by atoms with Crippen LogP contribution in [0.5, 0.6) is 0 Å². The van der Waals surface area contributed by atoms with E-state index in [4.69, 9.17) is 4.42 Å². The molecule has 0 aliphatic carbocycles. The molecule has 2 amide bonds. The maximum absolute atomic E-state index is 12.4. The van der Waals surface area contributed by atoms with E-state index in [1.54, 1.807) is 18.2 Å². The Morgan fingerprint density at radius 2 is 2.00 bits per heavy atom. The maximum Gasteiger partial charge on any atom is 0.293 e. The van der Waals surface area contributed by atoms with Gasteiger partial charge in [0.1, 0.15) is 5.76 Å². The molecule has 6 heteroatoms. The molecule has 1 aliphatic heterocycles. The van der Waals surface area contributed by atoms with Gasteiger partial charge in [-0.25, -0.2) is 0 Å². The molecule has 1 saturated heterocycles. The normalized spacial score (nSPS) is 16.8. The monoisotopic (exact) mass is 377 g/mol. The van der Waals surface area contributed by atoms with Gasteiger partial charge in [-0.15, -0.1) is 0 Å². The Labute approximate surface area is 140 Å². The summed E-state index contributed by atoms with van der Waals surface area (Å²) < 4.78 is 5.93. The summed E-state index contributed by atoms with van der Waals surface area (Å²) in [6.45, 7) is 2.25. The second kappa shape index (κ2) is 6.14. The molecule has 112 valence electrons. The Morgan fingerprint density at radius 1 is 1.23 bits per heavy atom. The Kier molecular flexibility index (Phi) is 4.22. The van der Waals surface area contributed by atoms with Crippen LogP contribution in [0.1, 0.15) is 16.9 Å². The van der Waals surface area contributed by atoms with Crippen molar-refractivity contribution in [1.29, 1.82) is 0 Å². The summed E-state index contributed by atoms with van der Waals surface area (Å²) in [5.74, 6) is 0.249.